The molecule has 1 aromatic carbocycles. The Morgan fingerprint density at radius 1 is 1.17 bits per heavy atom. The van der Waals surface area contributed by atoms with E-state index in [1.807, 2.05) is 25.1 Å². The molecular formula is C18H26N4OS. The second-order valence-electron chi connectivity index (χ2n) is 5.46. The zero-order valence-electron chi connectivity index (χ0n) is 14.6. The van der Waals surface area contributed by atoms with Crippen molar-refractivity contribution in [2.45, 2.75) is 26.9 Å². The molecule has 0 aliphatic carbocycles. The zero-order valence-corrected chi connectivity index (χ0v) is 15.4. The third-order valence-corrected chi connectivity index (χ3v) is 4.65. The van der Waals surface area contributed by atoms with Crippen LogP contribution < -0.4 is 10.6 Å². The van der Waals surface area contributed by atoms with Crippen molar-refractivity contribution in [1.29, 1.82) is 0 Å². The number of aryl methyl sites for hydroxylation is 2. The Morgan fingerprint density at radius 2 is 1.92 bits per heavy atom. The highest BCUT2D eigenvalue weighted by Gasteiger charge is 2.05. The van der Waals surface area contributed by atoms with Gasteiger partial charge in [-0.25, -0.2) is 4.98 Å². The van der Waals surface area contributed by atoms with Crippen LogP contribution in [0.15, 0.2) is 35.3 Å². The van der Waals surface area contributed by atoms with E-state index in [2.05, 4.69) is 39.7 Å². The average Bonchev–Trinajstić information content (AvgIpc) is 2.91. The molecule has 1 heterocycles. The van der Waals surface area contributed by atoms with Crippen LogP contribution >= 0.6 is 11.3 Å². The van der Waals surface area contributed by atoms with Crippen LogP contribution in [0.4, 0.5) is 0 Å². The van der Waals surface area contributed by atoms with Crippen molar-refractivity contribution in [1.82, 2.24) is 15.6 Å². The van der Waals surface area contributed by atoms with Crippen molar-refractivity contribution in [3.05, 3.63) is 51.5 Å². The van der Waals surface area contributed by atoms with Crippen LogP contribution in [0.2, 0.25) is 0 Å². The van der Waals surface area contributed by atoms with Crippen molar-refractivity contribution in [2.75, 3.05) is 26.7 Å². The lowest BCUT2D eigenvalue weighted by molar-refractivity contribution is 0.125. The minimum Gasteiger partial charge on any atom is -0.375 e. The monoisotopic (exact) mass is 346 g/mol. The molecule has 6 heteroatoms. The highest BCUT2D eigenvalue weighted by atomic mass is 32.1. The maximum absolute atomic E-state index is 5.66. The number of ether oxygens (including phenoxy) is 1. The van der Waals surface area contributed by atoms with E-state index in [9.17, 15) is 0 Å². The van der Waals surface area contributed by atoms with Crippen molar-refractivity contribution >= 4 is 17.3 Å². The molecule has 0 radical (unpaired) electrons. The highest BCUT2D eigenvalue weighted by molar-refractivity contribution is 7.11. The summed E-state index contributed by atoms with van der Waals surface area (Å²) in [6.07, 6.45) is 0.961. The van der Waals surface area contributed by atoms with Crippen LogP contribution in [0, 0.1) is 13.8 Å². The number of aromatic nitrogens is 1. The second-order valence-corrected chi connectivity index (χ2v) is 6.74. The molecule has 5 nitrogen and oxygen atoms in total. The minimum absolute atomic E-state index is 0.637. The molecule has 0 aliphatic rings. The highest BCUT2D eigenvalue weighted by Crippen LogP contribution is 2.16. The van der Waals surface area contributed by atoms with Crippen molar-refractivity contribution < 1.29 is 4.74 Å². The first-order valence-corrected chi connectivity index (χ1v) is 9.00. The predicted octanol–water partition coefficient (Wildman–Crippen LogP) is 2.68. The molecule has 24 heavy (non-hydrogen) atoms. The quantitative estimate of drug-likeness (QED) is 0.438. The second kappa shape index (κ2) is 10.1. The fraction of sp³-hybridized carbons (Fsp3) is 0.444. The maximum atomic E-state index is 5.66. The number of hydrogen-bond donors (Lipinski definition) is 2. The van der Waals surface area contributed by atoms with Crippen LogP contribution in [0.3, 0.4) is 0 Å². The minimum atomic E-state index is 0.637. The first kappa shape index (κ1) is 18.4. The van der Waals surface area contributed by atoms with Gasteiger partial charge in [-0.3, -0.25) is 4.99 Å². The standard InChI is InChI=1S/C18H26N4OS/c1-14-17(24-15(2)22-14)9-10-20-18(19-3)21-11-12-23-13-16-7-5-4-6-8-16/h4-8H,9-13H2,1-3H3,(H2,19,20,21). The summed E-state index contributed by atoms with van der Waals surface area (Å²) in [6, 6.07) is 10.2. The molecule has 2 rings (SSSR count). The van der Waals surface area contributed by atoms with E-state index in [0.29, 0.717) is 13.2 Å². The lowest BCUT2D eigenvalue weighted by atomic mass is 10.2. The summed E-state index contributed by atoms with van der Waals surface area (Å²) in [5.41, 5.74) is 2.33. The SMILES string of the molecule is CN=C(NCCOCc1ccccc1)NCCc1sc(C)nc1C. The Bertz CT molecular complexity index is 640. The Balaban J connectivity index is 1.59. The fourth-order valence-corrected chi connectivity index (χ4v) is 3.26. The Morgan fingerprint density at radius 3 is 2.58 bits per heavy atom. The Kier molecular flexibility index (Phi) is 7.71. The van der Waals surface area contributed by atoms with Gasteiger partial charge in [0.1, 0.15) is 0 Å². The van der Waals surface area contributed by atoms with Gasteiger partial charge in [0.25, 0.3) is 0 Å². The number of guanidine groups is 1. The van der Waals surface area contributed by atoms with Gasteiger partial charge in [0, 0.05) is 31.4 Å². The van der Waals surface area contributed by atoms with Gasteiger partial charge in [0.05, 0.1) is 23.9 Å². The van der Waals surface area contributed by atoms with Gasteiger partial charge in [-0.05, 0) is 19.4 Å². The maximum Gasteiger partial charge on any atom is 0.191 e. The number of nitrogens with zero attached hydrogens (tertiary/aromatic N) is 2. The normalized spacial score (nSPS) is 11.5. The van der Waals surface area contributed by atoms with Crippen molar-refractivity contribution in [2.24, 2.45) is 4.99 Å². The van der Waals surface area contributed by atoms with Gasteiger partial charge in [0.2, 0.25) is 0 Å². The van der Waals surface area contributed by atoms with Crippen LogP contribution in [0.5, 0.6) is 0 Å². The van der Waals surface area contributed by atoms with E-state index in [0.717, 1.165) is 36.2 Å². The molecule has 0 saturated heterocycles. The number of hydrogen-bond acceptors (Lipinski definition) is 4. The number of rotatable bonds is 8. The summed E-state index contributed by atoms with van der Waals surface area (Å²) < 4.78 is 5.66. The zero-order chi connectivity index (χ0) is 17.2. The van der Waals surface area contributed by atoms with E-state index in [1.165, 1.54) is 10.4 Å². The molecule has 0 unspecified atom stereocenters. The van der Waals surface area contributed by atoms with Gasteiger partial charge in [-0.15, -0.1) is 11.3 Å². The molecule has 2 N–H and O–H groups in total. The van der Waals surface area contributed by atoms with Gasteiger partial charge in [-0.2, -0.15) is 0 Å². The van der Waals surface area contributed by atoms with Gasteiger partial charge in [0.15, 0.2) is 5.96 Å². The molecule has 0 saturated carbocycles. The molecule has 130 valence electrons. The summed E-state index contributed by atoms with van der Waals surface area (Å²) in [7, 11) is 1.78. The lowest BCUT2D eigenvalue weighted by Crippen LogP contribution is -2.39. The average molecular weight is 347 g/mol. The number of thiazole rings is 1. The third-order valence-electron chi connectivity index (χ3n) is 3.52. The number of aliphatic imine (C=N–C) groups is 1. The Labute approximate surface area is 148 Å². The molecule has 2 aromatic rings. The smallest absolute Gasteiger partial charge is 0.191 e. The summed E-state index contributed by atoms with van der Waals surface area (Å²) in [6.45, 7) is 6.96. The van der Waals surface area contributed by atoms with Gasteiger partial charge in [-0.1, -0.05) is 30.3 Å². The summed E-state index contributed by atoms with van der Waals surface area (Å²) >= 11 is 1.76. The molecule has 0 fully saturated rings. The van der Waals surface area contributed by atoms with E-state index in [-0.39, 0.29) is 0 Å². The number of nitrogens with one attached hydrogen (secondary N) is 2. The predicted molar refractivity (Wildman–Crippen MR) is 101 cm³/mol. The van der Waals surface area contributed by atoms with Crippen LogP contribution in [0.25, 0.3) is 0 Å². The van der Waals surface area contributed by atoms with Gasteiger partial charge >= 0.3 is 0 Å². The topological polar surface area (TPSA) is 58.5 Å². The molecule has 0 spiro atoms. The first-order chi connectivity index (χ1) is 11.7. The van der Waals surface area contributed by atoms with E-state index in [4.69, 9.17) is 4.74 Å². The summed E-state index contributed by atoms with van der Waals surface area (Å²) in [5, 5.41) is 7.71. The van der Waals surface area contributed by atoms with Crippen LogP contribution in [-0.4, -0.2) is 37.7 Å². The molecular weight excluding hydrogens is 320 g/mol. The van der Waals surface area contributed by atoms with E-state index >= 15 is 0 Å². The molecule has 1 aromatic heterocycles. The van der Waals surface area contributed by atoms with E-state index in [1.54, 1.807) is 18.4 Å². The third kappa shape index (κ3) is 6.29. The van der Waals surface area contributed by atoms with Crippen LogP contribution in [-0.2, 0) is 17.8 Å². The Hall–Kier alpha value is -1.92. The summed E-state index contributed by atoms with van der Waals surface area (Å²) in [5.74, 6) is 0.803. The molecule has 0 amide bonds. The number of benzene rings is 1. The summed E-state index contributed by atoms with van der Waals surface area (Å²) in [4.78, 5) is 10.0. The van der Waals surface area contributed by atoms with Crippen molar-refractivity contribution in [3.8, 4) is 0 Å². The molecule has 0 aliphatic heterocycles. The molecule has 0 bridgehead atoms. The van der Waals surface area contributed by atoms with Crippen molar-refractivity contribution in [3.63, 3.8) is 0 Å². The molecule has 0 atom stereocenters. The fourth-order valence-electron chi connectivity index (χ4n) is 2.33. The largest absolute Gasteiger partial charge is 0.375 e. The first-order valence-electron chi connectivity index (χ1n) is 8.18. The lowest BCUT2D eigenvalue weighted by Gasteiger charge is -2.12. The van der Waals surface area contributed by atoms with E-state index < -0.39 is 0 Å². The van der Waals surface area contributed by atoms with Gasteiger partial charge < -0.3 is 15.4 Å². The van der Waals surface area contributed by atoms with Crippen LogP contribution in [0.1, 0.15) is 21.1 Å².